The van der Waals surface area contributed by atoms with Crippen LogP contribution in [0.2, 0.25) is 0 Å². The number of hydrogen-bond acceptors (Lipinski definition) is 3. The van der Waals surface area contributed by atoms with E-state index in [0.29, 0.717) is 11.3 Å². The lowest BCUT2D eigenvalue weighted by atomic mass is 9.99. The van der Waals surface area contributed by atoms with Crippen molar-refractivity contribution in [1.29, 1.82) is 0 Å². The van der Waals surface area contributed by atoms with Gasteiger partial charge in [0.2, 0.25) is 0 Å². The van der Waals surface area contributed by atoms with Gasteiger partial charge < -0.3 is 10.8 Å². The third kappa shape index (κ3) is 2.09. The molecule has 0 spiro atoms. The Labute approximate surface area is 113 Å². The Morgan fingerprint density at radius 2 is 1.95 bits per heavy atom. The normalized spacial score (nSPS) is 12.7. The highest BCUT2D eigenvalue weighted by Gasteiger charge is 2.17. The van der Waals surface area contributed by atoms with Crippen molar-refractivity contribution in [3.63, 3.8) is 0 Å². The van der Waals surface area contributed by atoms with E-state index in [4.69, 9.17) is 5.73 Å². The first-order valence-electron chi connectivity index (χ1n) is 5.86. The second-order valence-corrected chi connectivity index (χ2v) is 5.28. The number of nitrogens with two attached hydrogens (primary N) is 1. The lowest BCUT2D eigenvalue weighted by Crippen LogP contribution is -2.04. The largest absolute Gasteiger partial charge is 0.398 e. The van der Waals surface area contributed by atoms with Gasteiger partial charge in [-0.3, -0.25) is 0 Å². The zero-order valence-electron chi connectivity index (χ0n) is 10.0. The van der Waals surface area contributed by atoms with Gasteiger partial charge >= 0.3 is 0 Å². The molecular formula is C15H12FNOS. The van der Waals surface area contributed by atoms with Gasteiger partial charge in [0.25, 0.3) is 0 Å². The minimum Gasteiger partial charge on any atom is -0.398 e. The molecule has 96 valence electrons. The van der Waals surface area contributed by atoms with Crippen LogP contribution in [0.25, 0.3) is 10.1 Å². The van der Waals surface area contributed by atoms with E-state index in [1.165, 1.54) is 18.2 Å². The monoisotopic (exact) mass is 273 g/mol. The minimum atomic E-state index is -0.918. The molecule has 4 heteroatoms. The van der Waals surface area contributed by atoms with Crippen molar-refractivity contribution in [2.45, 2.75) is 6.10 Å². The Morgan fingerprint density at radius 3 is 2.79 bits per heavy atom. The summed E-state index contributed by atoms with van der Waals surface area (Å²) in [5.74, 6) is -0.401. The summed E-state index contributed by atoms with van der Waals surface area (Å²) in [6.07, 6.45) is -0.918. The lowest BCUT2D eigenvalue weighted by molar-refractivity contribution is 0.222. The summed E-state index contributed by atoms with van der Waals surface area (Å²) < 4.78 is 14.3. The maximum Gasteiger partial charge on any atom is 0.123 e. The number of thiophene rings is 1. The van der Waals surface area contributed by atoms with E-state index in [1.807, 2.05) is 29.6 Å². The maximum atomic E-state index is 13.3. The van der Waals surface area contributed by atoms with Crippen molar-refractivity contribution >= 4 is 27.1 Å². The smallest absolute Gasteiger partial charge is 0.123 e. The van der Waals surface area contributed by atoms with Crippen LogP contribution in [-0.4, -0.2) is 5.11 Å². The number of benzene rings is 2. The summed E-state index contributed by atoms with van der Waals surface area (Å²) in [6, 6.07) is 11.7. The SMILES string of the molecule is Nc1ccc(F)cc1C(O)c1cccc2ccsc12. The number of aliphatic hydroxyl groups is 1. The zero-order chi connectivity index (χ0) is 13.4. The second kappa shape index (κ2) is 4.64. The van der Waals surface area contributed by atoms with Gasteiger partial charge in [0, 0.05) is 21.5 Å². The Kier molecular flexibility index (Phi) is 2.97. The number of aliphatic hydroxyl groups excluding tert-OH is 1. The van der Waals surface area contributed by atoms with E-state index in [1.54, 1.807) is 11.3 Å². The highest BCUT2D eigenvalue weighted by atomic mass is 32.1. The van der Waals surface area contributed by atoms with Gasteiger partial charge in [0.05, 0.1) is 0 Å². The molecule has 0 bridgehead atoms. The quantitative estimate of drug-likeness (QED) is 0.699. The first-order chi connectivity index (χ1) is 9.16. The van der Waals surface area contributed by atoms with Gasteiger partial charge in [0.1, 0.15) is 11.9 Å². The van der Waals surface area contributed by atoms with E-state index in [2.05, 4.69) is 0 Å². The molecule has 0 amide bonds. The first kappa shape index (κ1) is 12.1. The number of rotatable bonds is 2. The van der Waals surface area contributed by atoms with Gasteiger partial charge in [-0.25, -0.2) is 4.39 Å². The fourth-order valence-electron chi connectivity index (χ4n) is 2.18. The van der Waals surface area contributed by atoms with E-state index >= 15 is 0 Å². The van der Waals surface area contributed by atoms with Crippen LogP contribution < -0.4 is 5.73 Å². The van der Waals surface area contributed by atoms with Crippen LogP contribution in [0.5, 0.6) is 0 Å². The van der Waals surface area contributed by atoms with Crippen LogP contribution in [0.3, 0.4) is 0 Å². The number of fused-ring (bicyclic) bond motifs is 1. The minimum absolute atomic E-state index is 0.391. The molecule has 0 fully saturated rings. The Hall–Kier alpha value is -1.91. The summed E-state index contributed by atoms with van der Waals surface area (Å²) in [5, 5.41) is 13.5. The van der Waals surface area contributed by atoms with Crippen LogP contribution in [-0.2, 0) is 0 Å². The summed E-state index contributed by atoms with van der Waals surface area (Å²) in [5.41, 5.74) is 7.37. The van der Waals surface area contributed by atoms with Crippen LogP contribution in [0.4, 0.5) is 10.1 Å². The molecule has 0 saturated heterocycles. The van der Waals surface area contributed by atoms with E-state index in [-0.39, 0.29) is 0 Å². The highest BCUT2D eigenvalue weighted by Crippen LogP contribution is 2.34. The van der Waals surface area contributed by atoms with E-state index < -0.39 is 11.9 Å². The molecule has 2 aromatic carbocycles. The standard InChI is InChI=1S/C15H12FNOS/c16-10-4-5-13(17)12(8-10)14(18)11-3-1-2-9-6-7-19-15(9)11/h1-8,14,18H,17H2. The topological polar surface area (TPSA) is 46.2 Å². The van der Waals surface area contributed by atoms with Crippen molar-refractivity contribution in [3.05, 3.63) is 64.8 Å². The molecule has 1 atom stereocenters. The molecule has 0 aliphatic rings. The van der Waals surface area contributed by atoms with Gasteiger partial charge in [-0.1, -0.05) is 18.2 Å². The number of hydrogen-bond donors (Lipinski definition) is 2. The third-order valence-electron chi connectivity index (χ3n) is 3.15. The zero-order valence-corrected chi connectivity index (χ0v) is 10.8. The third-order valence-corrected chi connectivity index (χ3v) is 4.13. The van der Waals surface area contributed by atoms with Crippen molar-refractivity contribution in [2.75, 3.05) is 5.73 Å². The van der Waals surface area contributed by atoms with Crippen LogP contribution in [0.1, 0.15) is 17.2 Å². The Balaban J connectivity index is 2.15. The number of anilines is 1. The molecule has 0 aliphatic heterocycles. The van der Waals surface area contributed by atoms with Crippen molar-refractivity contribution < 1.29 is 9.50 Å². The average Bonchev–Trinajstić information content (AvgIpc) is 2.89. The Bertz CT molecular complexity index is 738. The second-order valence-electron chi connectivity index (χ2n) is 4.36. The number of halogens is 1. The molecule has 1 aromatic heterocycles. The molecule has 0 aliphatic carbocycles. The van der Waals surface area contributed by atoms with E-state index in [9.17, 15) is 9.50 Å². The lowest BCUT2D eigenvalue weighted by Gasteiger charge is -2.14. The summed E-state index contributed by atoms with van der Waals surface area (Å²) in [4.78, 5) is 0. The summed E-state index contributed by atoms with van der Waals surface area (Å²) in [6.45, 7) is 0. The van der Waals surface area contributed by atoms with Gasteiger partial charge in [-0.15, -0.1) is 11.3 Å². The predicted octanol–water partition coefficient (Wildman–Crippen LogP) is 3.70. The van der Waals surface area contributed by atoms with Crippen LogP contribution in [0.15, 0.2) is 47.8 Å². The Morgan fingerprint density at radius 1 is 1.11 bits per heavy atom. The first-order valence-corrected chi connectivity index (χ1v) is 6.74. The predicted molar refractivity (Wildman–Crippen MR) is 76.7 cm³/mol. The number of nitrogen functional groups attached to an aromatic ring is 1. The molecule has 2 nitrogen and oxygen atoms in total. The molecule has 1 heterocycles. The van der Waals surface area contributed by atoms with Crippen molar-refractivity contribution in [2.24, 2.45) is 0 Å². The fourth-order valence-corrected chi connectivity index (χ4v) is 3.12. The molecule has 19 heavy (non-hydrogen) atoms. The van der Waals surface area contributed by atoms with Gasteiger partial charge in [-0.2, -0.15) is 0 Å². The van der Waals surface area contributed by atoms with Gasteiger partial charge in [-0.05, 0) is 35.0 Å². The highest BCUT2D eigenvalue weighted by molar-refractivity contribution is 7.17. The molecule has 1 unspecified atom stereocenters. The summed E-state index contributed by atoms with van der Waals surface area (Å²) >= 11 is 1.55. The van der Waals surface area contributed by atoms with E-state index in [0.717, 1.165) is 15.6 Å². The average molecular weight is 273 g/mol. The molecule has 0 radical (unpaired) electrons. The van der Waals surface area contributed by atoms with Crippen LogP contribution in [0, 0.1) is 5.82 Å². The maximum absolute atomic E-state index is 13.3. The molecule has 3 rings (SSSR count). The molecule has 3 aromatic rings. The van der Waals surface area contributed by atoms with Crippen molar-refractivity contribution in [3.8, 4) is 0 Å². The molecular weight excluding hydrogens is 261 g/mol. The summed E-state index contributed by atoms with van der Waals surface area (Å²) in [7, 11) is 0. The molecule has 3 N–H and O–H groups in total. The van der Waals surface area contributed by atoms with Crippen LogP contribution >= 0.6 is 11.3 Å². The van der Waals surface area contributed by atoms with Gasteiger partial charge in [0.15, 0.2) is 0 Å². The van der Waals surface area contributed by atoms with Crippen molar-refractivity contribution in [1.82, 2.24) is 0 Å². The molecule has 0 saturated carbocycles. The fraction of sp³-hybridized carbons (Fsp3) is 0.0667.